The van der Waals surface area contributed by atoms with Gasteiger partial charge in [0.2, 0.25) is 0 Å². The quantitative estimate of drug-likeness (QED) is 0.471. The average molecular weight is 338 g/mol. The van der Waals surface area contributed by atoms with Crippen LogP contribution in [0, 0.1) is 12.7 Å². The summed E-state index contributed by atoms with van der Waals surface area (Å²) in [5, 5.41) is 1.14. The number of hydrogen-bond acceptors (Lipinski definition) is 2. The van der Waals surface area contributed by atoms with E-state index in [9.17, 15) is 4.39 Å². The highest BCUT2D eigenvalue weighted by Crippen LogP contribution is 2.35. The summed E-state index contributed by atoms with van der Waals surface area (Å²) in [6.07, 6.45) is 3.42. The Morgan fingerprint density at radius 3 is 2.58 bits per heavy atom. The molecular weight excluding hydrogens is 325 g/mol. The Hall–Kier alpha value is -2.72. The van der Waals surface area contributed by atoms with E-state index in [1.54, 1.807) is 12.1 Å². The van der Waals surface area contributed by atoms with E-state index in [1.165, 1.54) is 18.5 Å². The van der Waals surface area contributed by atoms with Gasteiger partial charge in [-0.1, -0.05) is 35.9 Å². The first-order valence-electron chi connectivity index (χ1n) is 7.48. The molecule has 0 atom stereocenters. The maximum absolute atomic E-state index is 13.3. The van der Waals surface area contributed by atoms with Gasteiger partial charge in [0.05, 0.1) is 5.39 Å². The van der Waals surface area contributed by atoms with E-state index in [4.69, 9.17) is 11.6 Å². The second-order valence-corrected chi connectivity index (χ2v) is 5.98. The third-order valence-electron chi connectivity index (χ3n) is 3.97. The van der Waals surface area contributed by atoms with E-state index >= 15 is 0 Å². The van der Waals surface area contributed by atoms with Crippen LogP contribution in [0.1, 0.15) is 5.56 Å². The van der Waals surface area contributed by atoms with Crippen LogP contribution in [-0.4, -0.2) is 14.5 Å². The lowest BCUT2D eigenvalue weighted by Crippen LogP contribution is -1.94. The molecule has 0 bridgehead atoms. The molecule has 0 saturated carbocycles. The minimum absolute atomic E-state index is 0.275. The van der Waals surface area contributed by atoms with Crippen molar-refractivity contribution in [2.45, 2.75) is 6.92 Å². The number of aryl methyl sites for hydroxylation is 1. The molecule has 5 heteroatoms. The molecule has 3 nitrogen and oxygen atoms in total. The molecule has 0 unspecified atom stereocenters. The lowest BCUT2D eigenvalue weighted by Gasteiger charge is -2.05. The van der Waals surface area contributed by atoms with Gasteiger partial charge in [0.25, 0.3) is 0 Å². The van der Waals surface area contributed by atoms with Crippen LogP contribution in [0.2, 0.25) is 5.15 Å². The van der Waals surface area contributed by atoms with Crippen LogP contribution in [0.15, 0.2) is 61.1 Å². The molecule has 0 N–H and O–H groups in total. The van der Waals surface area contributed by atoms with Gasteiger partial charge < -0.3 is 4.57 Å². The van der Waals surface area contributed by atoms with Gasteiger partial charge in [0, 0.05) is 17.4 Å². The predicted molar refractivity (Wildman–Crippen MR) is 94.0 cm³/mol. The summed E-state index contributed by atoms with van der Waals surface area (Å²) in [6.45, 7) is 2.04. The van der Waals surface area contributed by atoms with Crippen LogP contribution in [0.3, 0.4) is 0 Å². The molecule has 0 aliphatic carbocycles. The third kappa shape index (κ3) is 2.45. The second kappa shape index (κ2) is 5.73. The normalized spacial score (nSPS) is 11.1. The number of aromatic nitrogens is 3. The summed E-state index contributed by atoms with van der Waals surface area (Å²) in [4.78, 5) is 8.51. The highest BCUT2D eigenvalue weighted by Gasteiger charge is 2.16. The van der Waals surface area contributed by atoms with Crippen molar-refractivity contribution in [3.05, 3.63) is 77.6 Å². The lowest BCUT2D eigenvalue weighted by atomic mass is 10.1. The van der Waals surface area contributed by atoms with Crippen LogP contribution in [0.5, 0.6) is 0 Å². The fourth-order valence-corrected chi connectivity index (χ4v) is 3.08. The van der Waals surface area contributed by atoms with E-state index < -0.39 is 0 Å². The van der Waals surface area contributed by atoms with Crippen LogP contribution in [-0.2, 0) is 0 Å². The summed E-state index contributed by atoms with van der Waals surface area (Å²) in [7, 11) is 0. The second-order valence-electron chi connectivity index (χ2n) is 5.62. The van der Waals surface area contributed by atoms with Crippen molar-refractivity contribution >= 4 is 22.6 Å². The zero-order valence-electron chi connectivity index (χ0n) is 12.9. The monoisotopic (exact) mass is 337 g/mol. The Labute approximate surface area is 143 Å². The number of hydrogen-bond donors (Lipinski definition) is 0. The minimum Gasteiger partial charge on any atom is -0.301 e. The number of fused-ring (bicyclic) bond motifs is 1. The SMILES string of the molecule is Cc1cccc(-n2cc(-c3ccc(F)cc3)c3c(Cl)ncnc32)c1. The molecule has 0 amide bonds. The summed E-state index contributed by atoms with van der Waals surface area (Å²) >= 11 is 6.34. The molecule has 4 aromatic rings. The molecule has 118 valence electrons. The van der Waals surface area contributed by atoms with E-state index in [1.807, 2.05) is 35.9 Å². The van der Waals surface area contributed by atoms with Crippen LogP contribution < -0.4 is 0 Å². The fourth-order valence-electron chi connectivity index (χ4n) is 2.85. The van der Waals surface area contributed by atoms with Crippen molar-refractivity contribution in [1.29, 1.82) is 0 Å². The van der Waals surface area contributed by atoms with E-state index in [-0.39, 0.29) is 5.82 Å². The molecule has 0 aliphatic heterocycles. The van der Waals surface area contributed by atoms with Crippen molar-refractivity contribution in [1.82, 2.24) is 14.5 Å². The molecule has 4 rings (SSSR count). The molecular formula is C19H13ClFN3. The first-order chi connectivity index (χ1) is 11.6. The maximum Gasteiger partial charge on any atom is 0.150 e. The van der Waals surface area contributed by atoms with Crippen molar-refractivity contribution in [3.8, 4) is 16.8 Å². The van der Waals surface area contributed by atoms with Gasteiger partial charge in [0.15, 0.2) is 0 Å². The van der Waals surface area contributed by atoms with Crippen LogP contribution >= 0.6 is 11.6 Å². The van der Waals surface area contributed by atoms with Gasteiger partial charge in [-0.3, -0.25) is 0 Å². The van der Waals surface area contributed by atoms with E-state index in [0.717, 1.165) is 33.4 Å². The molecule has 2 heterocycles. The predicted octanol–water partition coefficient (Wildman–Crippen LogP) is 5.19. The Morgan fingerprint density at radius 1 is 1.04 bits per heavy atom. The Kier molecular flexibility index (Phi) is 3.54. The fraction of sp³-hybridized carbons (Fsp3) is 0.0526. The number of halogens is 2. The van der Waals surface area contributed by atoms with Gasteiger partial charge in [-0.25, -0.2) is 14.4 Å². The molecule has 2 aromatic heterocycles. The minimum atomic E-state index is -0.275. The zero-order valence-corrected chi connectivity index (χ0v) is 13.6. The van der Waals surface area contributed by atoms with Crippen LogP contribution in [0.25, 0.3) is 27.8 Å². The zero-order chi connectivity index (χ0) is 16.7. The molecule has 0 aliphatic rings. The van der Waals surface area contributed by atoms with Gasteiger partial charge in [-0.05, 0) is 42.3 Å². The summed E-state index contributed by atoms with van der Waals surface area (Å²) < 4.78 is 15.2. The average Bonchev–Trinajstić information content (AvgIpc) is 2.97. The van der Waals surface area contributed by atoms with E-state index in [0.29, 0.717) is 5.15 Å². The highest BCUT2D eigenvalue weighted by atomic mass is 35.5. The van der Waals surface area contributed by atoms with Gasteiger partial charge in [-0.15, -0.1) is 0 Å². The van der Waals surface area contributed by atoms with Crippen molar-refractivity contribution in [2.24, 2.45) is 0 Å². The van der Waals surface area contributed by atoms with Crippen molar-refractivity contribution in [3.63, 3.8) is 0 Å². The number of benzene rings is 2. The van der Waals surface area contributed by atoms with Crippen molar-refractivity contribution in [2.75, 3.05) is 0 Å². The standard InChI is InChI=1S/C19H13ClFN3/c1-12-3-2-4-15(9-12)24-10-16(13-5-7-14(21)8-6-13)17-18(20)22-11-23-19(17)24/h2-11H,1H3. The Balaban J connectivity index is 2.03. The van der Waals surface area contributed by atoms with Crippen LogP contribution in [0.4, 0.5) is 4.39 Å². The Bertz CT molecular complexity index is 1040. The molecule has 0 saturated heterocycles. The van der Waals surface area contributed by atoms with Gasteiger partial charge in [0.1, 0.15) is 22.9 Å². The van der Waals surface area contributed by atoms with Gasteiger partial charge >= 0.3 is 0 Å². The first kappa shape index (κ1) is 14.8. The van der Waals surface area contributed by atoms with Gasteiger partial charge in [-0.2, -0.15) is 0 Å². The summed E-state index contributed by atoms with van der Waals surface area (Å²) in [5.74, 6) is -0.275. The topological polar surface area (TPSA) is 30.7 Å². The molecule has 2 aromatic carbocycles. The van der Waals surface area contributed by atoms with E-state index in [2.05, 4.69) is 16.0 Å². The van der Waals surface area contributed by atoms with Crippen molar-refractivity contribution < 1.29 is 4.39 Å². The summed E-state index contributed by atoms with van der Waals surface area (Å²) in [5.41, 5.74) is 4.60. The smallest absolute Gasteiger partial charge is 0.150 e. The first-order valence-corrected chi connectivity index (χ1v) is 7.86. The maximum atomic E-state index is 13.3. The molecule has 0 fully saturated rings. The molecule has 0 radical (unpaired) electrons. The summed E-state index contributed by atoms with van der Waals surface area (Å²) in [6, 6.07) is 14.4. The highest BCUT2D eigenvalue weighted by molar-refractivity contribution is 6.35. The Morgan fingerprint density at radius 2 is 1.83 bits per heavy atom. The third-order valence-corrected chi connectivity index (χ3v) is 4.26. The number of nitrogens with zero attached hydrogens (tertiary/aromatic N) is 3. The molecule has 0 spiro atoms. The molecule has 24 heavy (non-hydrogen) atoms. The number of rotatable bonds is 2. The lowest BCUT2D eigenvalue weighted by molar-refractivity contribution is 0.628. The largest absolute Gasteiger partial charge is 0.301 e.